The Morgan fingerprint density at radius 3 is 2.56 bits per heavy atom. The van der Waals surface area contributed by atoms with Gasteiger partial charge in [0.2, 0.25) is 5.91 Å². The summed E-state index contributed by atoms with van der Waals surface area (Å²) in [4.78, 5) is 16.1. The number of fused-ring (bicyclic) bond motifs is 2. The standard InChI is InChI=1S/C12H22N2O2/c1-3-6-13(2)9-12(15)14-7-10-4-5-11(8-14)16-10/h10-11H,3-9H2,1-2H3. The van der Waals surface area contributed by atoms with E-state index in [1.807, 2.05) is 11.9 Å². The first-order valence-corrected chi connectivity index (χ1v) is 6.30. The second kappa shape index (κ2) is 5.15. The second-order valence-electron chi connectivity index (χ2n) is 4.99. The van der Waals surface area contributed by atoms with Crippen LogP contribution in [0, 0.1) is 0 Å². The van der Waals surface area contributed by atoms with Crippen molar-refractivity contribution < 1.29 is 9.53 Å². The summed E-state index contributed by atoms with van der Waals surface area (Å²) in [7, 11) is 2.01. The Bertz CT molecular complexity index is 245. The van der Waals surface area contributed by atoms with Crippen LogP contribution >= 0.6 is 0 Å². The number of ether oxygens (including phenoxy) is 1. The highest BCUT2D eigenvalue weighted by Gasteiger charge is 2.35. The fourth-order valence-electron chi connectivity index (χ4n) is 2.61. The predicted octanol–water partition coefficient (Wildman–Crippen LogP) is 0.718. The van der Waals surface area contributed by atoms with Crippen molar-refractivity contribution in [2.45, 2.75) is 38.4 Å². The second-order valence-corrected chi connectivity index (χ2v) is 4.99. The summed E-state index contributed by atoms with van der Waals surface area (Å²) in [5.41, 5.74) is 0. The number of likely N-dealkylation sites (N-methyl/N-ethyl adjacent to an activating group) is 1. The molecule has 1 amide bonds. The molecular formula is C12H22N2O2. The van der Waals surface area contributed by atoms with Crippen molar-refractivity contribution in [3.05, 3.63) is 0 Å². The number of carbonyl (C=O) groups is 1. The number of hydrogen-bond donors (Lipinski definition) is 0. The van der Waals surface area contributed by atoms with Crippen molar-refractivity contribution in [1.29, 1.82) is 0 Å². The lowest BCUT2D eigenvalue weighted by Gasteiger charge is -2.33. The molecule has 0 aromatic heterocycles. The van der Waals surface area contributed by atoms with Crippen LogP contribution in [0.15, 0.2) is 0 Å². The van der Waals surface area contributed by atoms with Crippen LogP contribution in [0.5, 0.6) is 0 Å². The van der Waals surface area contributed by atoms with Crippen LogP contribution in [-0.2, 0) is 9.53 Å². The first-order valence-electron chi connectivity index (χ1n) is 6.30. The third kappa shape index (κ3) is 2.74. The number of likely N-dealkylation sites (tertiary alicyclic amines) is 1. The van der Waals surface area contributed by atoms with Gasteiger partial charge < -0.3 is 9.64 Å². The molecule has 2 rings (SSSR count). The molecule has 4 heteroatoms. The topological polar surface area (TPSA) is 32.8 Å². The van der Waals surface area contributed by atoms with Crippen molar-refractivity contribution in [3.63, 3.8) is 0 Å². The highest BCUT2D eigenvalue weighted by atomic mass is 16.5. The zero-order valence-electron chi connectivity index (χ0n) is 10.3. The lowest BCUT2D eigenvalue weighted by atomic mass is 10.2. The maximum absolute atomic E-state index is 12.0. The van der Waals surface area contributed by atoms with Crippen LogP contribution < -0.4 is 0 Å². The minimum atomic E-state index is 0.260. The van der Waals surface area contributed by atoms with E-state index in [0.29, 0.717) is 18.8 Å². The highest BCUT2D eigenvalue weighted by Crippen LogP contribution is 2.26. The summed E-state index contributed by atoms with van der Waals surface area (Å²) in [6.45, 7) is 5.27. The maximum Gasteiger partial charge on any atom is 0.236 e. The van der Waals surface area contributed by atoms with Gasteiger partial charge in [-0.3, -0.25) is 9.69 Å². The van der Waals surface area contributed by atoms with Gasteiger partial charge in [0.1, 0.15) is 0 Å². The van der Waals surface area contributed by atoms with Gasteiger partial charge >= 0.3 is 0 Å². The van der Waals surface area contributed by atoms with Gasteiger partial charge in [-0.25, -0.2) is 0 Å². The van der Waals surface area contributed by atoms with E-state index in [2.05, 4.69) is 11.8 Å². The van der Waals surface area contributed by atoms with E-state index in [9.17, 15) is 4.79 Å². The molecule has 2 saturated heterocycles. The van der Waals surface area contributed by atoms with E-state index >= 15 is 0 Å². The molecule has 92 valence electrons. The van der Waals surface area contributed by atoms with Gasteiger partial charge in [0, 0.05) is 13.1 Å². The number of nitrogens with zero attached hydrogens (tertiary/aromatic N) is 2. The van der Waals surface area contributed by atoms with Gasteiger partial charge in [-0.15, -0.1) is 0 Å². The highest BCUT2D eigenvalue weighted by molar-refractivity contribution is 5.78. The molecule has 2 aliphatic heterocycles. The zero-order chi connectivity index (χ0) is 11.5. The molecule has 16 heavy (non-hydrogen) atoms. The van der Waals surface area contributed by atoms with Crippen molar-refractivity contribution in [3.8, 4) is 0 Å². The molecule has 2 bridgehead atoms. The average molecular weight is 226 g/mol. The van der Waals surface area contributed by atoms with E-state index in [0.717, 1.165) is 38.9 Å². The van der Waals surface area contributed by atoms with Gasteiger partial charge in [0.25, 0.3) is 0 Å². The van der Waals surface area contributed by atoms with Crippen LogP contribution in [0.3, 0.4) is 0 Å². The summed E-state index contributed by atoms with van der Waals surface area (Å²) in [5, 5.41) is 0. The Balaban J connectivity index is 1.81. The number of amides is 1. The van der Waals surface area contributed by atoms with Crippen molar-refractivity contribution in [2.24, 2.45) is 0 Å². The zero-order valence-corrected chi connectivity index (χ0v) is 10.3. The average Bonchev–Trinajstić information content (AvgIpc) is 2.58. The summed E-state index contributed by atoms with van der Waals surface area (Å²) in [6.07, 6.45) is 3.95. The van der Waals surface area contributed by atoms with Crippen LogP contribution in [0.4, 0.5) is 0 Å². The van der Waals surface area contributed by atoms with Crippen molar-refractivity contribution in [2.75, 3.05) is 33.2 Å². The first-order chi connectivity index (χ1) is 7.69. The molecule has 2 atom stereocenters. The molecule has 0 radical (unpaired) electrons. The lowest BCUT2D eigenvalue weighted by molar-refractivity contribution is -0.140. The van der Waals surface area contributed by atoms with Gasteiger partial charge in [0.05, 0.1) is 18.8 Å². The van der Waals surface area contributed by atoms with Crippen molar-refractivity contribution >= 4 is 5.91 Å². The summed E-state index contributed by atoms with van der Waals surface area (Å²) >= 11 is 0. The van der Waals surface area contributed by atoms with Crippen LogP contribution in [-0.4, -0.2) is 61.1 Å². The Morgan fingerprint density at radius 2 is 2.00 bits per heavy atom. The molecule has 0 aromatic rings. The predicted molar refractivity (Wildman–Crippen MR) is 62.3 cm³/mol. The van der Waals surface area contributed by atoms with Gasteiger partial charge in [0.15, 0.2) is 0 Å². The van der Waals surface area contributed by atoms with Gasteiger partial charge in [-0.2, -0.15) is 0 Å². The minimum absolute atomic E-state index is 0.260. The summed E-state index contributed by atoms with van der Waals surface area (Å²) < 4.78 is 5.72. The molecule has 0 saturated carbocycles. The van der Waals surface area contributed by atoms with Crippen LogP contribution in [0.25, 0.3) is 0 Å². The number of morpholine rings is 1. The van der Waals surface area contributed by atoms with E-state index in [1.54, 1.807) is 0 Å². The lowest BCUT2D eigenvalue weighted by Crippen LogP contribution is -2.48. The van der Waals surface area contributed by atoms with Crippen molar-refractivity contribution in [1.82, 2.24) is 9.80 Å². The van der Waals surface area contributed by atoms with Gasteiger partial charge in [-0.1, -0.05) is 6.92 Å². The molecule has 4 nitrogen and oxygen atoms in total. The monoisotopic (exact) mass is 226 g/mol. The third-order valence-corrected chi connectivity index (χ3v) is 3.41. The van der Waals surface area contributed by atoms with E-state index < -0.39 is 0 Å². The minimum Gasteiger partial charge on any atom is -0.371 e. The molecule has 0 aromatic carbocycles. The number of hydrogen-bond acceptors (Lipinski definition) is 3. The number of carbonyl (C=O) groups excluding carboxylic acids is 1. The van der Waals surface area contributed by atoms with E-state index in [4.69, 9.17) is 4.74 Å². The molecule has 0 spiro atoms. The van der Waals surface area contributed by atoms with Crippen LogP contribution in [0.1, 0.15) is 26.2 Å². The quantitative estimate of drug-likeness (QED) is 0.708. The largest absolute Gasteiger partial charge is 0.371 e. The van der Waals surface area contributed by atoms with Gasteiger partial charge in [-0.05, 0) is 32.9 Å². The summed E-state index contributed by atoms with van der Waals surface area (Å²) in [5.74, 6) is 0.260. The van der Waals surface area contributed by atoms with E-state index in [1.165, 1.54) is 0 Å². The first kappa shape index (κ1) is 11.9. The Labute approximate surface area is 97.5 Å². The number of rotatable bonds is 4. The smallest absolute Gasteiger partial charge is 0.236 e. The molecule has 2 unspecified atom stereocenters. The molecule has 2 heterocycles. The maximum atomic E-state index is 12.0. The molecular weight excluding hydrogens is 204 g/mol. The fraction of sp³-hybridized carbons (Fsp3) is 0.917. The fourth-order valence-corrected chi connectivity index (χ4v) is 2.61. The molecule has 0 N–H and O–H groups in total. The Morgan fingerprint density at radius 1 is 1.38 bits per heavy atom. The molecule has 2 fully saturated rings. The Hall–Kier alpha value is -0.610. The van der Waals surface area contributed by atoms with Crippen LogP contribution in [0.2, 0.25) is 0 Å². The molecule has 2 aliphatic rings. The third-order valence-electron chi connectivity index (χ3n) is 3.41. The Kier molecular flexibility index (Phi) is 3.82. The SMILES string of the molecule is CCCN(C)CC(=O)N1CC2CCC(C1)O2. The summed E-state index contributed by atoms with van der Waals surface area (Å²) in [6, 6.07) is 0. The van der Waals surface area contributed by atoms with E-state index in [-0.39, 0.29) is 5.91 Å². The normalized spacial score (nSPS) is 28.8. The molecule has 0 aliphatic carbocycles.